The smallest absolute Gasteiger partial charge is 0.0604 e. The zero-order valence-corrected chi connectivity index (χ0v) is 7.97. The summed E-state index contributed by atoms with van der Waals surface area (Å²) in [4.78, 5) is 0. The van der Waals surface area contributed by atoms with E-state index in [0.29, 0.717) is 6.10 Å². The van der Waals surface area contributed by atoms with Gasteiger partial charge in [-0.05, 0) is 24.7 Å². The van der Waals surface area contributed by atoms with Gasteiger partial charge in [-0.1, -0.05) is 27.2 Å². The Balaban J connectivity index is 2.32. The standard InChI is InChI=1S/C10H20O/c1-4-8(2)9(3)10-6-5-7-11-10/h8-10H,4-7H2,1-3H3. The molecule has 0 saturated carbocycles. The summed E-state index contributed by atoms with van der Waals surface area (Å²) in [7, 11) is 0. The highest BCUT2D eigenvalue weighted by atomic mass is 16.5. The van der Waals surface area contributed by atoms with E-state index in [1.54, 1.807) is 0 Å². The van der Waals surface area contributed by atoms with Gasteiger partial charge in [-0.3, -0.25) is 0 Å². The molecule has 0 aromatic carbocycles. The third-order valence-corrected chi connectivity index (χ3v) is 3.09. The van der Waals surface area contributed by atoms with Gasteiger partial charge in [-0.15, -0.1) is 0 Å². The average Bonchev–Trinajstić information content (AvgIpc) is 2.53. The van der Waals surface area contributed by atoms with Crippen LogP contribution in [0.15, 0.2) is 0 Å². The van der Waals surface area contributed by atoms with Crippen molar-refractivity contribution in [2.45, 2.75) is 46.1 Å². The first-order valence-electron chi connectivity index (χ1n) is 4.87. The second-order valence-corrected chi connectivity index (χ2v) is 3.80. The van der Waals surface area contributed by atoms with Crippen LogP contribution >= 0.6 is 0 Å². The summed E-state index contributed by atoms with van der Waals surface area (Å²) in [6.07, 6.45) is 4.39. The largest absolute Gasteiger partial charge is 0.378 e. The summed E-state index contributed by atoms with van der Waals surface area (Å²) in [6.45, 7) is 7.90. The molecule has 0 spiro atoms. The monoisotopic (exact) mass is 156 g/mol. The predicted molar refractivity (Wildman–Crippen MR) is 47.6 cm³/mol. The van der Waals surface area contributed by atoms with Crippen LogP contribution in [0.25, 0.3) is 0 Å². The van der Waals surface area contributed by atoms with Gasteiger partial charge in [0, 0.05) is 6.61 Å². The lowest BCUT2D eigenvalue weighted by molar-refractivity contribution is 0.0483. The van der Waals surface area contributed by atoms with Gasteiger partial charge in [0.05, 0.1) is 6.10 Å². The van der Waals surface area contributed by atoms with Gasteiger partial charge >= 0.3 is 0 Å². The van der Waals surface area contributed by atoms with Crippen molar-refractivity contribution in [2.24, 2.45) is 11.8 Å². The highest BCUT2D eigenvalue weighted by Gasteiger charge is 2.25. The van der Waals surface area contributed by atoms with Crippen molar-refractivity contribution in [1.29, 1.82) is 0 Å². The molecule has 1 fully saturated rings. The van der Waals surface area contributed by atoms with Crippen LogP contribution in [0.1, 0.15) is 40.0 Å². The molecule has 3 atom stereocenters. The number of hydrogen-bond donors (Lipinski definition) is 0. The molecule has 1 rings (SSSR count). The quantitative estimate of drug-likeness (QED) is 0.610. The molecule has 11 heavy (non-hydrogen) atoms. The van der Waals surface area contributed by atoms with E-state index in [0.717, 1.165) is 18.4 Å². The minimum absolute atomic E-state index is 0.560. The number of rotatable bonds is 3. The Morgan fingerprint density at radius 1 is 1.45 bits per heavy atom. The van der Waals surface area contributed by atoms with Crippen LogP contribution in [-0.2, 0) is 4.74 Å². The lowest BCUT2D eigenvalue weighted by Crippen LogP contribution is -2.22. The van der Waals surface area contributed by atoms with E-state index in [1.165, 1.54) is 19.3 Å². The number of hydrogen-bond acceptors (Lipinski definition) is 1. The lowest BCUT2D eigenvalue weighted by atomic mass is 9.88. The van der Waals surface area contributed by atoms with Crippen LogP contribution in [0.5, 0.6) is 0 Å². The molecule has 1 aliphatic heterocycles. The van der Waals surface area contributed by atoms with Crippen LogP contribution < -0.4 is 0 Å². The molecule has 0 bridgehead atoms. The third kappa shape index (κ3) is 2.19. The van der Waals surface area contributed by atoms with Crippen molar-refractivity contribution >= 4 is 0 Å². The van der Waals surface area contributed by atoms with Crippen molar-refractivity contribution in [2.75, 3.05) is 6.61 Å². The first kappa shape index (κ1) is 9.05. The Morgan fingerprint density at radius 3 is 2.64 bits per heavy atom. The van der Waals surface area contributed by atoms with E-state index in [9.17, 15) is 0 Å². The Morgan fingerprint density at radius 2 is 2.18 bits per heavy atom. The van der Waals surface area contributed by atoms with E-state index in [2.05, 4.69) is 20.8 Å². The fourth-order valence-corrected chi connectivity index (χ4v) is 1.76. The van der Waals surface area contributed by atoms with Gasteiger partial charge in [0.15, 0.2) is 0 Å². The van der Waals surface area contributed by atoms with Crippen molar-refractivity contribution in [3.63, 3.8) is 0 Å². The van der Waals surface area contributed by atoms with Gasteiger partial charge in [-0.25, -0.2) is 0 Å². The second kappa shape index (κ2) is 4.10. The fraction of sp³-hybridized carbons (Fsp3) is 1.00. The molecular formula is C10H20O. The fourth-order valence-electron chi connectivity index (χ4n) is 1.76. The average molecular weight is 156 g/mol. The highest BCUT2D eigenvalue weighted by Crippen LogP contribution is 2.27. The molecule has 0 aromatic rings. The molecule has 0 radical (unpaired) electrons. The molecule has 1 heterocycles. The Hall–Kier alpha value is -0.0400. The van der Waals surface area contributed by atoms with Gasteiger partial charge in [0.2, 0.25) is 0 Å². The molecule has 0 amide bonds. The maximum Gasteiger partial charge on any atom is 0.0604 e. The normalized spacial score (nSPS) is 30.3. The molecule has 0 aliphatic carbocycles. The van der Waals surface area contributed by atoms with E-state index in [-0.39, 0.29) is 0 Å². The SMILES string of the molecule is CCC(C)C(C)C1CCCO1. The second-order valence-electron chi connectivity index (χ2n) is 3.80. The summed E-state index contributed by atoms with van der Waals surface area (Å²) in [5, 5.41) is 0. The summed E-state index contributed by atoms with van der Waals surface area (Å²) in [5.41, 5.74) is 0. The molecule has 66 valence electrons. The molecule has 1 heteroatoms. The van der Waals surface area contributed by atoms with Gasteiger partial charge < -0.3 is 4.74 Å². The summed E-state index contributed by atoms with van der Waals surface area (Å²) >= 11 is 0. The molecular weight excluding hydrogens is 136 g/mol. The summed E-state index contributed by atoms with van der Waals surface area (Å²) < 4.78 is 5.64. The molecule has 1 saturated heterocycles. The van der Waals surface area contributed by atoms with Crippen LogP contribution in [0.4, 0.5) is 0 Å². The van der Waals surface area contributed by atoms with E-state index in [1.807, 2.05) is 0 Å². The molecule has 0 N–H and O–H groups in total. The van der Waals surface area contributed by atoms with E-state index < -0.39 is 0 Å². The molecule has 3 unspecified atom stereocenters. The maximum atomic E-state index is 5.64. The minimum Gasteiger partial charge on any atom is -0.378 e. The topological polar surface area (TPSA) is 9.23 Å². The van der Waals surface area contributed by atoms with Gasteiger partial charge in [0.25, 0.3) is 0 Å². The Labute approximate surface area is 70.1 Å². The molecule has 0 aromatic heterocycles. The van der Waals surface area contributed by atoms with Gasteiger partial charge in [0.1, 0.15) is 0 Å². The van der Waals surface area contributed by atoms with E-state index >= 15 is 0 Å². The van der Waals surface area contributed by atoms with Crippen molar-refractivity contribution < 1.29 is 4.74 Å². The zero-order valence-electron chi connectivity index (χ0n) is 7.97. The molecule has 1 aliphatic rings. The van der Waals surface area contributed by atoms with Crippen molar-refractivity contribution in [3.8, 4) is 0 Å². The Kier molecular flexibility index (Phi) is 3.38. The number of ether oxygens (including phenoxy) is 1. The van der Waals surface area contributed by atoms with Crippen LogP contribution in [0.2, 0.25) is 0 Å². The van der Waals surface area contributed by atoms with Crippen molar-refractivity contribution in [1.82, 2.24) is 0 Å². The van der Waals surface area contributed by atoms with Gasteiger partial charge in [-0.2, -0.15) is 0 Å². The lowest BCUT2D eigenvalue weighted by Gasteiger charge is -2.23. The molecule has 1 nitrogen and oxygen atoms in total. The van der Waals surface area contributed by atoms with Crippen molar-refractivity contribution in [3.05, 3.63) is 0 Å². The first-order valence-corrected chi connectivity index (χ1v) is 4.87. The third-order valence-electron chi connectivity index (χ3n) is 3.09. The Bertz CT molecular complexity index is 105. The first-order chi connectivity index (χ1) is 5.25. The maximum absolute atomic E-state index is 5.64. The minimum atomic E-state index is 0.560. The van der Waals surface area contributed by atoms with E-state index in [4.69, 9.17) is 4.74 Å². The van der Waals surface area contributed by atoms with Crippen LogP contribution in [-0.4, -0.2) is 12.7 Å². The summed E-state index contributed by atoms with van der Waals surface area (Å²) in [5.74, 6) is 1.57. The summed E-state index contributed by atoms with van der Waals surface area (Å²) in [6, 6.07) is 0. The van der Waals surface area contributed by atoms with Crippen LogP contribution in [0, 0.1) is 11.8 Å². The predicted octanol–water partition coefficient (Wildman–Crippen LogP) is 2.85. The highest BCUT2D eigenvalue weighted by molar-refractivity contribution is 4.74. The van der Waals surface area contributed by atoms with Crippen LogP contribution in [0.3, 0.4) is 0 Å². The zero-order chi connectivity index (χ0) is 8.27.